The average Bonchev–Trinajstić information content (AvgIpc) is 2.32. The maximum Gasteiger partial charge on any atom is 0.0103 e. The van der Waals surface area contributed by atoms with Gasteiger partial charge in [-0.1, -0.05) is 27.2 Å². The molecule has 0 radical (unpaired) electrons. The molecule has 0 heterocycles. The summed E-state index contributed by atoms with van der Waals surface area (Å²) in [6, 6.07) is 1.96. The molecule has 0 amide bonds. The van der Waals surface area contributed by atoms with Gasteiger partial charge in [0.2, 0.25) is 0 Å². The van der Waals surface area contributed by atoms with E-state index in [0.29, 0.717) is 6.04 Å². The molecule has 3 N–H and O–H groups in total. The molecule has 3 unspecified atom stereocenters. The third-order valence-corrected chi connectivity index (χ3v) is 5.24. The highest BCUT2D eigenvalue weighted by molar-refractivity contribution is 4.89. The minimum absolute atomic E-state index is 0.467. The van der Waals surface area contributed by atoms with Crippen molar-refractivity contribution in [3.63, 3.8) is 0 Å². The van der Waals surface area contributed by atoms with Gasteiger partial charge in [0, 0.05) is 18.1 Å². The summed E-state index contributed by atoms with van der Waals surface area (Å²) < 4.78 is 0. The lowest BCUT2D eigenvalue weighted by atomic mass is 9.73. The first-order valence-corrected chi connectivity index (χ1v) is 8.08. The SMILES string of the molecule is CC1CCC(C(C)C)C(NC2CCC(N)CC2)C1. The molecule has 2 aliphatic rings. The highest BCUT2D eigenvalue weighted by Gasteiger charge is 2.32. The van der Waals surface area contributed by atoms with Crippen LogP contribution in [0.2, 0.25) is 0 Å². The zero-order valence-electron chi connectivity index (χ0n) is 12.5. The molecule has 2 aliphatic carbocycles. The number of nitrogens with two attached hydrogens (primary N) is 1. The highest BCUT2D eigenvalue weighted by Crippen LogP contribution is 2.34. The molecule has 18 heavy (non-hydrogen) atoms. The normalized spacial score (nSPS) is 42.2. The number of hydrogen-bond acceptors (Lipinski definition) is 2. The maximum atomic E-state index is 6.00. The maximum absolute atomic E-state index is 6.00. The van der Waals surface area contributed by atoms with Gasteiger partial charge < -0.3 is 11.1 Å². The van der Waals surface area contributed by atoms with Gasteiger partial charge >= 0.3 is 0 Å². The van der Waals surface area contributed by atoms with Gasteiger partial charge in [0.15, 0.2) is 0 Å². The standard InChI is InChI=1S/C16H32N2/c1-11(2)15-9-4-12(3)10-16(15)18-14-7-5-13(17)6-8-14/h11-16,18H,4-10,17H2,1-3H3. The van der Waals surface area contributed by atoms with Gasteiger partial charge in [0.1, 0.15) is 0 Å². The van der Waals surface area contributed by atoms with E-state index in [4.69, 9.17) is 5.73 Å². The predicted octanol–water partition coefficient (Wildman–Crippen LogP) is 3.31. The third kappa shape index (κ3) is 3.71. The second-order valence-corrected chi connectivity index (χ2v) is 7.21. The molecule has 0 aliphatic heterocycles. The average molecular weight is 252 g/mol. The quantitative estimate of drug-likeness (QED) is 0.809. The van der Waals surface area contributed by atoms with E-state index in [9.17, 15) is 0 Å². The van der Waals surface area contributed by atoms with Crippen molar-refractivity contribution in [2.24, 2.45) is 23.5 Å². The van der Waals surface area contributed by atoms with Gasteiger partial charge in [-0.2, -0.15) is 0 Å². The van der Waals surface area contributed by atoms with Crippen LogP contribution in [0.25, 0.3) is 0 Å². The Labute approximate surface area is 113 Å². The molecule has 0 aromatic rings. The summed E-state index contributed by atoms with van der Waals surface area (Å²) in [5.74, 6) is 2.61. The van der Waals surface area contributed by atoms with E-state index in [1.54, 1.807) is 0 Å². The summed E-state index contributed by atoms with van der Waals surface area (Å²) in [6.07, 6.45) is 9.23. The first kappa shape index (κ1) is 14.3. The van der Waals surface area contributed by atoms with Crippen molar-refractivity contribution in [2.75, 3.05) is 0 Å². The van der Waals surface area contributed by atoms with Gasteiger partial charge in [-0.15, -0.1) is 0 Å². The van der Waals surface area contributed by atoms with Crippen molar-refractivity contribution in [1.82, 2.24) is 5.32 Å². The third-order valence-electron chi connectivity index (χ3n) is 5.24. The minimum Gasteiger partial charge on any atom is -0.328 e. The zero-order chi connectivity index (χ0) is 13.1. The predicted molar refractivity (Wildman–Crippen MR) is 78.5 cm³/mol. The van der Waals surface area contributed by atoms with Crippen molar-refractivity contribution in [3.8, 4) is 0 Å². The molecule has 2 nitrogen and oxygen atoms in total. The van der Waals surface area contributed by atoms with Gasteiger partial charge in [-0.3, -0.25) is 0 Å². The number of nitrogens with one attached hydrogen (secondary N) is 1. The molecule has 0 saturated heterocycles. The first-order chi connectivity index (χ1) is 8.56. The fraction of sp³-hybridized carbons (Fsp3) is 1.00. The van der Waals surface area contributed by atoms with Crippen LogP contribution in [-0.4, -0.2) is 18.1 Å². The van der Waals surface area contributed by atoms with E-state index in [1.165, 1.54) is 44.9 Å². The Bertz CT molecular complexity index is 243. The molecule has 2 saturated carbocycles. The van der Waals surface area contributed by atoms with Crippen molar-refractivity contribution in [1.29, 1.82) is 0 Å². The zero-order valence-corrected chi connectivity index (χ0v) is 12.5. The van der Waals surface area contributed by atoms with Crippen LogP contribution in [-0.2, 0) is 0 Å². The van der Waals surface area contributed by atoms with Gasteiger partial charge in [-0.05, 0) is 56.3 Å². The fourth-order valence-corrected chi connectivity index (χ4v) is 3.98. The summed E-state index contributed by atoms with van der Waals surface area (Å²) in [4.78, 5) is 0. The molecule has 3 atom stereocenters. The summed E-state index contributed by atoms with van der Waals surface area (Å²) in [7, 11) is 0. The second-order valence-electron chi connectivity index (χ2n) is 7.21. The van der Waals surface area contributed by atoms with Gasteiger partial charge in [0.25, 0.3) is 0 Å². The van der Waals surface area contributed by atoms with Gasteiger partial charge in [0.05, 0.1) is 0 Å². The van der Waals surface area contributed by atoms with Crippen LogP contribution >= 0.6 is 0 Å². The number of hydrogen-bond donors (Lipinski definition) is 2. The smallest absolute Gasteiger partial charge is 0.0103 e. The highest BCUT2D eigenvalue weighted by atomic mass is 15.0. The largest absolute Gasteiger partial charge is 0.328 e. The molecule has 0 aromatic heterocycles. The van der Waals surface area contributed by atoms with Crippen molar-refractivity contribution in [3.05, 3.63) is 0 Å². The topological polar surface area (TPSA) is 38.0 Å². The van der Waals surface area contributed by atoms with Crippen LogP contribution < -0.4 is 11.1 Å². The summed E-state index contributed by atoms with van der Waals surface area (Å²) >= 11 is 0. The lowest BCUT2D eigenvalue weighted by Gasteiger charge is -2.41. The molecule has 2 fully saturated rings. The molecular formula is C16H32N2. The Morgan fingerprint density at radius 3 is 2.28 bits per heavy atom. The van der Waals surface area contributed by atoms with E-state index in [2.05, 4.69) is 26.1 Å². The molecule has 106 valence electrons. The minimum atomic E-state index is 0.467. The summed E-state index contributed by atoms with van der Waals surface area (Å²) in [6.45, 7) is 7.21. The van der Waals surface area contributed by atoms with E-state index in [1.807, 2.05) is 0 Å². The van der Waals surface area contributed by atoms with E-state index >= 15 is 0 Å². The van der Waals surface area contributed by atoms with E-state index in [-0.39, 0.29) is 0 Å². The van der Waals surface area contributed by atoms with Crippen LogP contribution in [0.3, 0.4) is 0 Å². The Morgan fingerprint density at radius 1 is 1.00 bits per heavy atom. The first-order valence-electron chi connectivity index (χ1n) is 8.08. The van der Waals surface area contributed by atoms with Crippen LogP contribution in [0, 0.1) is 17.8 Å². The molecule has 0 spiro atoms. The van der Waals surface area contributed by atoms with Crippen LogP contribution in [0.5, 0.6) is 0 Å². The lowest BCUT2D eigenvalue weighted by Crippen LogP contribution is -2.49. The molecule has 2 rings (SSSR count). The Hall–Kier alpha value is -0.0800. The monoisotopic (exact) mass is 252 g/mol. The van der Waals surface area contributed by atoms with E-state index in [0.717, 1.165) is 29.8 Å². The summed E-state index contributed by atoms with van der Waals surface area (Å²) in [5, 5.41) is 3.98. The van der Waals surface area contributed by atoms with Crippen LogP contribution in [0.4, 0.5) is 0 Å². The van der Waals surface area contributed by atoms with Crippen LogP contribution in [0.15, 0.2) is 0 Å². The molecule has 2 heteroatoms. The van der Waals surface area contributed by atoms with Crippen LogP contribution in [0.1, 0.15) is 65.7 Å². The number of rotatable bonds is 3. The summed E-state index contributed by atoms with van der Waals surface area (Å²) in [5.41, 5.74) is 6.00. The van der Waals surface area contributed by atoms with Crippen molar-refractivity contribution in [2.45, 2.75) is 83.8 Å². The molecule has 0 aromatic carbocycles. The lowest BCUT2D eigenvalue weighted by molar-refractivity contribution is 0.149. The van der Waals surface area contributed by atoms with E-state index < -0.39 is 0 Å². The Kier molecular flexibility index (Phi) is 5.08. The van der Waals surface area contributed by atoms with Gasteiger partial charge in [-0.25, -0.2) is 0 Å². The Balaban J connectivity index is 1.88. The molecular weight excluding hydrogens is 220 g/mol. The van der Waals surface area contributed by atoms with Crippen molar-refractivity contribution >= 4 is 0 Å². The Morgan fingerprint density at radius 2 is 1.67 bits per heavy atom. The molecule has 0 bridgehead atoms. The second kappa shape index (κ2) is 6.38. The fourth-order valence-electron chi connectivity index (χ4n) is 3.98. The van der Waals surface area contributed by atoms with Crippen molar-refractivity contribution < 1.29 is 0 Å².